The summed E-state index contributed by atoms with van der Waals surface area (Å²) in [7, 11) is 0. The predicted octanol–water partition coefficient (Wildman–Crippen LogP) is 2.58. The highest BCUT2D eigenvalue weighted by Crippen LogP contribution is 2.16. The predicted molar refractivity (Wildman–Crippen MR) is 70.5 cm³/mol. The number of rotatable bonds is 7. The van der Waals surface area contributed by atoms with Gasteiger partial charge in [0.2, 0.25) is 0 Å². The summed E-state index contributed by atoms with van der Waals surface area (Å²) in [5.74, 6) is -0.799. The quantitative estimate of drug-likeness (QED) is 0.751. The molecule has 96 valence electrons. The minimum Gasteiger partial charge on any atom is -0.481 e. The zero-order valence-electron chi connectivity index (χ0n) is 10.6. The highest BCUT2D eigenvalue weighted by molar-refractivity contribution is 5.67. The second-order valence-corrected chi connectivity index (χ2v) is 4.23. The number of aliphatic carboxylic acids is 1. The van der Waals surface area contributed by atoms with Gasteiger partial charge in [0.1, 0.15) is 0 Å². The molecule has 0 aliphatic carbocycles. The lowest BCUT2D eigenvalue weighted by molar-refractivity contribution is -0.136. The Hall–Kier alpha value is -2.02. The van der Waals surface area contributed by atoms with Crippen LogP contribution in [-0.2, 0) is 4.79 Å². The standard InChI is InChI=1S/C14H18N2O2/c1-12-4-6-13(7-5-12)16(10-3-2-9-15)11-8-14(17)18/h4-7H,2-3,8,10-11H2,1H3,(H,17,18). The van der Waals surface area contributed by atoms with E-state index in [9.17, 15) is 4.79 Å². The lowest BCUT2D eigenvalue weighted by Gasteiger charge is -2.24. The van der Waals surface area contributed by atoms with E-state index in [4.69, 9.17) is 10.4 Å². The van der Waals surface area contributed by atoms with Gasteiger partial charge in [-0.25, -0.2) is 0 Å². The molecule has 4 heteroatoms. The second kappa shape index (κ2) is 7.33. The number of carboxylic acids is 1. The Bertz CT molecular complexity index is 420. The maximum atomic E-state index is 10.6. The molecule has 0 saturated heterocycles. The molecule has 0 aliphatic heterocycles. The van der Waals surface area contributed by atoms with Crippen LogP contribution in [-0.4, -0.2) is 24.2 Å². The zero-order chi connectivity index (χ0) is 13.4. The molecule has 0 aliphatic rings. The average Bonchev–Trinajstić information content (AvgIpc) is 2.34. The van der Waals surface area contributed by atoms with Crippen molar-refractivity contribution in [2.45, 2.75) is 26.2 Å². The molecular formula is C14H18N2O2. The Kier molecular flexibility index (Phi) is 5.72. The fraction of sp³-hybridized carbons (Fsp3) is 0.429. The topological polar surface area (TPSA) is 64.3 Å². The number of carboxylic acid groups (broad SMARTS) is 1. The Balaban J connectivity index is 2.66. The maximum Gasteiger partial charge on any atom is 0.305 e. The molecule has 4 nitrogen and oxygen atoms in total. The van der Waals surface area contributed by atoms with E-state index in [-0.39, 0.29) is 6.42 Å². The van der Waals surface area contributed by atoms with Gasteiger partial charge in [0, 0.05) is 25.2 Å². The summed E-state index contributed by atoms with van der Waals surface area (Å²) in [5.41, 5.74) is 2.19. The van der Waals surface area contributed by atoms with Crippen LogP contribution < -0.4 is 4.90 Å². The molecule has 0 spiro atoms. The third kappa shape index (κ3) is 4.88. The first-order chi connectivity index (χ1) is 8.63. The Morgan fingerprint density at radius 2 is 2.00 bits per heavy atom. The first kappa shape index (κ1) is 14.0. The van der Waals surface area contributed by atoms with E-state index in [2.05, 4.69) is 6.07 Å². The Morgan fingerprint density at radius 1 is 1.33 bits per heavy atom. The number of benzene rings is 1. The van der Waals surface area contributed by atoms with Crippen molar-refractivity contribution in [3.05, 3.63) is 29.8 Å². The van der Waals surface area contributed by atoms with Crippen molar-refractivity contribution < 1.29 is 9.90 Å². The molecule has 1 aromatic rings. The van der Waals surface area contributed by atoms with Gasteiger partial charge in [-0.2, -0.15) is 5.26 Å². The third-order valence-corrected chi connectivity index (χ3v) is 2.71. The number of hydrogen-bond donors (Lipinski definition) is 1. The van der Waals surface area contributed by atoms with Crippen LogP contribution in [0.1, 0.15) is 24.8 Å². The first-order valence-electron chi connectivity index (χ1n) is 6.04. The van der Waals surface area contributed by atoms with Gasteiger partial charge in [-0.15, -0.1) is 0 Å². The zero-order valence-corrected chi connectivity index (χ0v) is 10.6. The van der Waals surface area contributed by atoms with Gasteiger partial charge in [-0.1, -0.05) is 17.7 Å². The van der Waals surface area contributed by atoms with E-state index in [0.29, 0.717) is 19.5 Å². The Labute approximate surface area is 107 Å². The van der Waals surface area contributed by atoms with Gasteiger partial charge in [0.25, 0.3) is 0 Å². The third-order valence-electron chi connectivity index (χ3n) is 2.71. The van der Waals surface area contributed by atoms with E-state index < -0.39 is 5.97 Å². The molecule has 0 aromatic heterocycles. The smallest absolute Gasteiger partial charge is 0.305 e. The molecule has 0 heterocycles. The van der Waals surface area contributed by atoms with Crippen LogP contribution in [0, 0.1) is 18.3 Å². The fourth-order valence-electron chi connectivity index (χ4n) is 1.71. The molecule has 0 unspecified atom stereocenters. The average molecular weight is 246 g/mol. The maximum absolute atomic E-state index is 10.6. The molecule has 1 N–H and O–H groups in total. The molecular weight excluding hydrogens is 228 g/mol. The SMILES string of the molecule is Cc1ccc(N(CCCC#N)CCC(=O)O)cc1. The van der Waals surface area contributed by atoms with Crippen LogP contribution in [0.5, 0.6) is 0 Å². The van der Waals surface area contributed by atoms with Gasteiger partial charge in [0.05, 0.1) is 12.5 Å². The van der Waals surface area contributed by atoms with E-state index in [1.54, 1.807) is 0 Å². The lowest BCUT2D eigenvalue weighted by Crippen LogP contribution is -2.27. The summed E-state index contributed by atoms with van der Waals surface area (Å²) < 4.78 is 0. The van der Waals surface area contributed by atoms with Crippen molar-refractivity contribution in [1.29, 1.82) is 5.26 Å². The molecule has 0 amide bonds. The number of aryl methyl sites for hydroxylation is 1. The number of nitrogens with zero attached hydrogens (tertiary/aromatic N) is 2. The van der Waals surface area contributed by atoms with Crippen LogP contribution in [0.15, 0.2) is 24.3 Å². The highest BCUT2D eigenvalue weighted by atomic mass is 16.4. The largest absolute Gasteiger partial charge is 0.481 e. The molecule has 0 fully saturated rings. The van der Waals surface area contributed by atoms with Crippen LogP contribution >= 0.6 is 0 Å². The van der Waals surface area contributed by atoms with Crippen molar-refractivity contribution in [2.75, 3.05) is 18.0 Å². The summed E-state index contributed by atoms with van der Waals surface area (Å²) in [6, 6.07) is 10.1. The van der Waals surface area contributed by atoms with Crippen molar-refractivity contribution in [2.24, 2.45) is 0 Å². The van der Waals surface area contributed by atoms with Gasteiger partial charge < -0.3 is 10.0 Å². The monoisotopic (exact) mass is 246 g/mol. The minimum absolute atomic E-state index is 0.112. The van der Waals surface area contributed by atoms with Gasteiger partial charge in [0.15, 0.2) is 0 Å². The molecule has 0 bridgehead atoms. The number of anilines is 1. The van der Waals surface area contributed by atoms with Crippen molar-refractivity contribution in [3.63, 3.8) is 0 Å². The normalized spacial score (nSPS) is 9.78. The Morgan fingerprint density at radius 3 is 2.56 bits per heavy atom. The number of unbranched alkanes of at least 4 members (excludes halogenated alkanes) is 1. The second-order valence-electron chi connectivity index (χ2n) is 4.23. The van der Waals surface area contributed by atoms with Gasteiger partial charge in [-0.3, -0.25) is 4.79 Å². The van der Waals surface area contributed by atoms with Crippen LogP contribution in [0.3, 0.4) is 0 Å². The van der Waals surface area contributed by atoms with Crippen LogP contribution in [0.4, 0.5) is 5.69 Å². The molecule has 1 aromatic carbocycles. The minimum atomic E-state index is -0.799. The van der Waals surface area contributed by atoms with E-state index >= 15 is 0 Å². The number of hydrogen-bond acceptors (Lipinski definition) is 3. The number of carbonyl (C=O) groups is 1. The van der Waals surface area contributed by atoms with Crippen LogP contribution in [0.2, 0.25) is 0 Å². The molecule has 0 atom stereocenters. The molecule has 18 heavy (non-hydrogen) atoms. The highest BCUT2D eigenvalue weighted by Gasteiger charge is 2.08. The van der Waals surface area contributed by atoms with Crippen molar-refractivity contribution in [1.82, 2.24) is 0 Å². The van der Waals surface area contributed by atoms with E-state index in [0.717, 1.165) is 12.1 Å². The summed E-state index contributed by atoms with van der Waals surface area (Å²) in [5, 5.41) is 17.3. The summed E-state index contributed by atoms with van der Waals surface area (Å²) in [6.45, 7) is 3.20. The summed E-state index contributed by atoms with van der Waals surface area (Å²) >= 11 is 0. The van der Waals surface area contributed by atoms with Crippen LogP contribution in [0.25, 0.3) is 0 Å². The first-order valence-corrected chi connectivity index (χ1v) is 6.04. The number of nitriles is 1. The molecule has 1 rings (SSSR count). The summed E-state index contributed by atoms with van der Waals surface area (Å²) in [6.07, 6.45) is 1.36. The van der Waals surface area contributed by atoms with Gasteiger partial charge in [-0.05, 0) is 25.5 Å². The lowest BCUT2D eigenvalue weighted by atomic mass is 10.2. The fourth-order valence-corrected chi connectivity index (χ4v) is 1.71. The van der Waals surface area contributed by atoms with Crippen molar-refractivity contribution >= 4 is 11.7 Å². The molecule has 0 radical (unpaired) electrons. The van der Waals surface area contributed by atoms with E-state index in [1.807, 2.05) is 36.1 Å². The molecule has 0 saturated carbocycles. The van der Waals surface area contributed by atoms with Gasteiger partial charge >= 0.3 is 5.97 Å². The summed E-state index contributed by atoms with van der Waals surface area (Å²) in [4.78, 5) is 12.7. The van der Waals surface area contributed by atoms with E-state index in [1.165, 1.54) is 5.56 Å². The van der Waals surface area contributed by atoms with Crippen molar-refractivity contribution in [3.8, 4) is 6.07 Å².